The van der Waals surface area contributed by atoms with Crippen molar-refractivity contribution < 1.29 is 0 Å². The maximum absolute atomic E-state index is 10.6. The first kappa shape index (κ1) is 35.5. The first-order chi connectivity index (χ1) is 30.7. The molecule has 0 atom stereocenters. The summed E-state index contributed by atoms with van der Waals surface area (Å²) in [5.74, 6) is 0. The van der Waals surface area contributed by atoms with Gasteiger partial charge in [-0.25, -0.2) is 0 Å². The van der Waals surface area contributed by atoms with Gasteiger partial charge in [0.1, 0.15) is 0 Å². The molecule has 1 aromatic heterocycles. The van der Waals surface area contributed by atoms with Crippen LogP contribution in [0.4, 0.5) is 0 Å². The molecule has 0 unspecified atom stereocenters. The van der Waals surface area contributed by atoms with E-state index in [2.05, 4.69) is 211 Å². The van der Waals surface area contributed by atoms with Crippen molar-refractivity contribution in [2.75, 3.05) is 0 Å². The molecule has 10 aromatic carbocycles. The molecule has 5 heteroatoms. The van der Waals surface area contributed by atoms with Crippen molar-refractivity contribution >= 4 is 90.0 Å². The number of nitriles is 1. The minimum Gasteiger partial charge on any atom is -0.309 e. The third kappa shape index (κ3) is 5.34. The molecule has 2 nitrogen and oxygen atoms in total. The van der Waals surface area contributed by atoms with Crippen LogP contribution >= 0.6 is 23.5 Å². The molecule has 0 radical (unpaired) electrons. The predicted octanol–water partition coefficient (Wildman–Crippen LogP) is 13.4. The Morgan fingerprint density at radius 1 is 0.387 bits per heavy atom. The SMILES string of the molecule is N#Cc1cc(-c2cc3c4c(c2)Sc2cc(-n5c6ccccc6c6ccccc65)ccc2B4c2ccccc2S3)cc(-c2c3ccccc3c(-c3ccccc3)c3ccccc23)c1. The van der Waals surface area contributed by atoms with Crippen LogP contribution in [-0.2, 0) is 0 Å². The highest BCUT2D eigenvalue weighted by atomic mass is 32.2. The fourth-order valence-electron chi connectivity index (χ4n) is 10.3. The standard InChI is InChI=1S/C57H33BN2S2/c59-34-35-28-37(30-39(29-35)56-45-20-6-4-18-43(45)55(36-14-2-1-3-15-36)44-19-5-7-21-46(44)56)38-31-53-57-54(32-38)62-52-33-40(26-27-48(52)58(57)47-22-10-13-25-51(47)61-53)60-49-23-11-8-16-41(49)42-17-9-12-24-50(42)60/h1-33H. The van der Waals surface area contributed by atoms with E-state index in [0.29, 0.717) is 5.56 Å². The van der Waals surface area contributed by atoms with E-state index in [-0.39, 0.29) is 6.71 Å². The van der Waals surface area contributed by atoms with E-state index in [1.165, 1.54) is 90.4 Å². The van der Waals surface area contributed by atoms with Crippen molar-refractivity contribution in [3.05, 3.63) is 206 Å². The molecule has 0 saturated heterocycles. The summed E-state index contributed by atoms with van der Waals surface area (Å²) in [6, 6.07) is 75.4. The molecule has 2 aliphatic heterocycles. The highest BCUT2D eigenvalue weighted by molar-refractivity contribution is 8.01. The summed E-state index contributed by atoms with van der Waals surface area (Å²) in [5, 5.41) is 17.9. The summed E-state index contributed by atoms with van der Waals surface area (Å²) in [5.41, 5.74) is 15.1. The van der Waals surface area contributed by atoms with Crippen LogP contribution in [0.25, 0.3) is 82.4 Å². The average molecular weight is 821 g/mol. The van der Waals surface area contributed by atoms with Crippen LogP contribution in [0.5, 0.6) is 0 Å². The van der Waals surface area contributed by atoms with Crippen LogP contribution in [0.3, 0.4) is 0 Å². The van der Waals surface area contributed by atoms with Crippen LogP contribution in [-0.4, -0.2) is 11.3 Å². The Bertz CT molecular complexity index is 3620. The van der Waals surface area contributed by atoms with Crippen LogP contribution in [0.1, 0.15) is 5.56 Å². The number of hydrogen-bond acceptors (Lipinski definition) is 3. The van der Waals surface area contributed by atoms with Crippen LogP contribution in [0.2, 0.25) is 0 Å². The summed E-state index contributed by atoms with van der Waals surface area (Å²) < 4.78 is 2.42. The van der Waals surface area contributed by atoms with Crippen molar-refractivity contribution in [1.29, 1.82) is 5.26 Å². The van der Waals surface area contributed by atoms with Crippen molar-refractivity contribution in [2.24, 2.45) is 0 Å². The lowest BCUT2D eigenvalue weighted by atomic mass is 9.36. The number of fused-ring (bicyclic) bond motifs is 9. The average Bonchev–Trinajstić information content (AvgIpc) is 3.67. The number of hydrogen-bond donors (Lipinski definition) is 0. The van der Waals surface area contributed by atoms with Gasteiger partial charge in [0.15, 0.2) is 0 Å². The Labute approximate surface area is 368 Å². The summed E-state index contributed by atoms with van der Waals surface area (Å²) in [6.07, 6.45) is 0. The van der Waals surface area contributed by atoms with E-state index in [4.69, 9.17) is 0 Å². The van der Waals surface area contributed by atoms with Gasteiger partial charge in [0.25, 0.3) is 0 Å². The first-order valence-corrected chi connectivity index (χ1v) is 22.6. The van der Waals surface area contributed by atoms with Crippen molar-refractivity contribution in [2.45, 2.75) is 19.6 Å². The Morgan fingerprint density at radius 3 is 1.53 bits per heavy atom. The third-order valence-electron chi connectivity index (χ3n) is 12.9. The fraction of sp³-hybridized carbons (Fsp3) is 0. The van der Waals surface area contributed by atoms with E-state index < -0.39 is 0 Å². The number of nitrogens with zero attached hydrogens (tertiary/aromatic N) is 2. The number of benzene rings is 10. The zero-order valence-electron chi connectivity index (χ0n) is 33.3. The smallest absolute Gasteiger partial charge is 0.247 e. The lowest BCUT2D eigenvalue weighted by Crippen LogP contribution is -2.58. The molecule has 11 aromatic rings. The molecule has 3 heterocycles. The molecule has 2 aliphatic rings. The lowest BCUT2D eigenvalue weighted by molar-refractivity contribution is 1.16. The quantitative estimate of drug-likeness (QED) is 0.131. The van der Waals surface area contributed by atoms with Gasteiger partial charge in [-0.3, -0.25) is 0 Å². The molecule has 62 heavy (non-hydrogen) atoms. The van der Waals surface area contributed by atoms with Gasteiger partial charge in [-0.1, -0.05) is 174 Å². The largest absolute Gasteiger partial charge is 0.309 e. The van der Waals surface area contributed by atoms with Crippen LogP contribution in [0.15, 0.2) is 220 Å². The zero-order chi connectivity index (χ0) is 40.9. The second-order valence-electron chi connectivity index (χ2n) is 16.3. The monoisotopic (exact) mass is 820 g/mol. The molecule has 286 valence electrons. The van der Waals surface area contributed by atoms with Gasteiger partial charge in [0, 0.05) is 36.0 Å². The van der Waals surface area contributed by atoms with Crippen molar-refractivity contribution in [1.82, 2.24) is 4.57 Å². The molecular formula is C57H33BN2S2. The Hall–Kier alpha value is -7.23. The van der Waals surface area contributed by atoms with E-state index in [9.17, 15) is 5.26 Å². The van der Waals surface area contributed by atoms with Crippen molar-refractivity contribution in [3.63, 3.8) is 0 Å². The zero-order valence-corrected chi connectivity index (χ0v) is 35.0. The van der Waals surface area contributed by atoms with Gasteiger partial charge in [-0.05, 0) is 121 Å². The molecule has 0 N–H and O–H groups in total. The van der Waals surface area contributed by atoms with E-state index in [1.807, 2.05) is 23.5 Å². The first-order valence-electron chi connectivity index (χ1n) is 21.0. The minimum atomic E-state index is 0.122. The van der Waals surface area contributed by atoms with E-state index in [0.717, 1.165) is 27.9 Å². The lowest BCUT2D eigenvalue weighted by Gasteiger charge is -2.33. The van der Waals surface area contributed by atoms with Crippen LogP contribution < -0.4 is 16.4 Å². The third-order valence-corrected chi connectivity index (χ3v) is 15.2. The molecule has 13 rings (SSSR count). The minimum absolute atomic E-state index is 0.122. The number of para-hydroxylation sites is 2. The Kier molecular flexibility index (Phi) is 7.97. The second-order valence-corrected chi connectivity index (χ2v) is 18.4. The molecule has 0 spiro atoms. The summed E-state index contributed by atoms with van der Waals surface area (Å²) in [4.78, 5) is 5.11. The molecule has 0 fully saturated rings. The summed E-state index contributed by atoms with van der Waals surface area (Å²) in [6.45, 7) is 0.122. The summed E-state index contributed by atoms with van der Waals surface area (Å²) >= 11 is 3.75. The Morgan fingerprint density at radius 2 is 0.887 bits per heavy atom. The summed E-state index contributed by atoms with van der Waals surface area (Å²) in [7, 11) is 0. The molecule has 0 aliphatic carbocycles. The fourth-order valence-corrected chi connectivity index (χ4v) is 12.8. The van der Waals surface area contributed by atoms with Gasteiger partial charge >= 0.3 is 0 Å². The van der Waals surface area contributed by atoms with Crippen LogP contribution in [0, 0.1) is 11.3 Å². The number of rotatable bonds is 4. The number of aromatic nitrogens is 1. The highest BCUT2D eigenvalue weighted by Gasteiger charge is 2.38. The normalized spacial score (nSPS) is 12.7. The van der Waals surface area contributed by atoms with E-state index >= 15 is 0 Å². The highest BCUT2D eigenvalue weighted by Crippen LogP contribution is 2.46. The van der Waals surface area contributed by atoms with Gasteiger partial charge in [0.2, 0.25) is 6.71 Å². The maximum atomic E-state index is 10.6. The van der Waals surface area contributed by atoms with Gasteiger partial charge < -0.3 is 4.57 Å². The van der Waals surface area contributed by atoms with Gasteiger partial charge in [0.05, 0.1) is 22.7 Å². The Balaban J connectivity index is 1.01. The molecule has 0 saturated carbocycles. The topological polar surface area (TPSA) is 28.7 Å². The molecule has 0 amide bonds. The predicted molar refractivity (Wildman–Crippen MR) is 263 cm³/mol. The molecular weight excluding hydrogens is 788 g/mol. The van der Waals surface area contributed by atoms with E-state index in [1.54, 1.807) is 0 Å². The molecule has 0 bridgehead atoms. The second kappa shape index (κ2) is 13.9. The van der Waals surface area contributed by atoms with Crippen molar-refractivity contribution in [3.8, 4) is 45.1 Å². The van der Waals surface area contributed by atoms with Gasteiger partial charge in [-0.2, -0.15) is 5.26 Å². The van der Waals surface area contributed by atoms with Gasteiger partial charge in [-0.15, -0.1) is 0 Å². The maximum Gasteiger partial charge on any atom is 0.247 e.